The first-order valence-corrected chi connectivity index (χ1v) is 10.2. The number of sulfone groups is 1. The highest BCUT2D eigenvalue weighted by Gasteiger charge is 2.28. The fourth-order valence-electron chi connectivity index (χ4n) is 2.75. The fourth-order valence-corrected chi connectivity index (χ4v) is 4.43. The van der Waals surface area contributed by atoms with E-state index in [1.54, 1.807) is 25.4 Å². The zero-order valence-corrected chi connectivity index (χ0v) is 15.2. The van der Waals surface area contributed by atoms with Crippen molar-refractivity contribution in [1.82, 2.24) is 15.6 Å². The van der Waals surface area contributed by atoms with Crippen molar-refractivity contribution in [3.05, 3.63) is 42.0 Å². The molecule has 2 N–H and O–H groups in total. The maximum atomic E-state index is 13.0. The summed E-state index contributed by atoms with van der Waals surface area (Å²) in [7, 11) is -1.29. The highest BCUT2D eigenvalue weighted by molar-refractivity contribution is 7.91. The van der Waals surface area contributed by atoms with Crippen molar-refractivity contribution in [3.8, 4) is 11.5 Å². The second kappa shape index (κ2) is 7.86. The molecule has 0 saturated carbocycles. The second-order valence-electron chi connectivity index (χ2n) is 6.14. The largest absolute Gasteiger partial charge is 0.444 e. The van der Waals surface area contributed by atoms with Gasteiger partial charge in [0.2, 0.25) is 5.89 Å². The Labute approximate surface area is 151 Å². The van der Waals surface area contributed by atoms with Crippen molar-refractivity contribution >= 4 is 15.8 Å². The van der Waals surface area contributed by atoms with Crippen LogP contribution in [0.1, 0.15) is 12.1 Å². The van der Waals surface area contributed by atoms with Crippen LogP contribution < -0.4 is 10.6 Å². The first kappa shape index (κ1) is 18.4. The Hall–Kier alpha value is -2.42. The molecule has 0 radical (unpaired) electrons. The molecule has 1 aromatic carbocycles. The van der Waals surface area contributed by atoms with Gasteiger partial charge < -0.3 is 15.1 Å². The van der Waals surface area contributed by atoms with Gasteiger partial charge in [0.05, 0.1) is 17.2 Å². The van der Waals surface area contributed by atoms with Crippen LogP contribution in [0.25, 0.3) is 11.5 Å². The number of aromatic nitrogens is 1. The zero-order chi connectivity index (χ0) is 18.6. The molecule has 1 aliphatic heterocycles. The Balaban J connectivity index is 1.49. The number of hydrogen-bond donors (Lipinski definition) is 2. The van der Waals surface area contributed by atoms with Crippen molar-refractivity contribution in [2.24, 2.45) is 4.99 Å². The third-order valence-electron chi connectivity index (χ3n) is 4.11. The van der Waals surface area contributed by atoms with E-state index >= 15 is 0 Å². The van der Waals surface area contributed by atoms with Crippen molar-refractivity contribution in [1.29, 1.82) is 0 Å². The van der Waals surface area contributed by atoms with Gasteiger partial charge in [0.1, 0.15) is 12.1 Å². The van der Waals surface area contributed by atoms with Gasteiger partial charge in [0.15, 0.2) is 15.8 Å². The minimum atomic E-state index is -2.93. The van der Waals surface area contributed by atoms with E-state index in [2.05, 4.69) is 20.6 Å². The average molecular weight is 380 g/mol. The normalized spacial score (nSPS) is 19.5. The van der Waals surface area contributed by atoms with Gasteiger partial charge in [-0.25, -0.2) is 17.8 Å². The van der Waals surface area contributed by atoms with Crippen LogP contribution in [0.3, 0.4) is 0 Å². The lowest BCUT2D eigenvalue weighted by atomic mass is 10.2. The molecular formula is C17H21FN4O3S. The maximum Gasteiger partial charge on any atom is 0.226 e. The molecule has 1 atom stereocenters. The number of halogens is 1. The quantitative estimate of drug-likeness (QED) is 0.601. The Bertz CT molecular complexity index is 878. The van der Waals surface area contributed by atoms with E-state index in [1.807, 2.05) is 0 Å². The molecule has 1 aliphatic rings. The van der Waals surface area contributed by atoms with E-state index in [0.29, 0.717) is 36.8 Å². The maximum absolute atomic E-state index is 13.0. The van der Waals surface area contributed by atoms with E-state index < -0.39 is 9.84 Å². The van der Waals surface area contributed by atoms with Crippen LogP contribution in [0.4, 0.5) is 4.39 Å². The molecule has 1 unspecified atom stereocenters. The predicted octanol–water partition coefficient (Wildman–Crippen LogP) is 1.38. The molecule has 140 valence electrons. The summed E-state index contributed by atoms with van der Waals surface area (Å²) in [6, 6.07) is 5.84. The number of oxazole rings is 1. The number of hydrogen-bond acceptors (Lipinski definition) is 5. The number of aliphatic imine (C=N–C) groups is 1. The zero-order valence-electron chi connectivity index (χ0n) is 14.4. The van der Waals surface area contributed by atoms with Crippen LogP contribution in [-0.2, 0) is 16.3 Å². The van der Waals surface area contributed by atoms with E-state index in [1.165, 1.54) is 12.1 Å². The summed E-state index contributed by atoms with van der Waals surface area (Å²) in [6.07, 6.45) is 2.77. The van der Waals surface area contributed by atoms with Crippen molar-refractivity contribution < 1.29 is 17.2 Å². The number of rotatable bonds is 5. The predicted molar refractivity (Wildman–Crippen MR) is 97.2 cm³/mol. The van der Waals surface area contributed by atoms with Gasteiger partial charge in [-0.15, -0.1) is 0 Å². The molecule has 3 rings (SSSR count). The van der Waals surface area contributed by atoms with Crippen LogP contribution in [0.5, 0.6) is 0 Å². The minimum absolute atomic E-state index is 0.108. The topological polar surface area (TPSA) is 96.6 Å². The smallest absolute Gasteiger partial charge is 0.226 e. The number of nitrogens with zero attached hydrogens (tertiary/aromatic N) is 2. The Morgan fingerprint density at radius 2 is 2.15 bits per heavy atom. The molecule has 0 aliphatic carbocycles. The molecule has 0 spiro atoms. The molecule has 1 saturated heterocycles. The fraction of sp³-hybridized carbons (Fsp3) is 0.412. The Morgan fingerprint density at radius 1 is 1.38 bits per heavy atom. The average Bonchev–Trinajstić information content (AvgIpc) is 3.21. The van der Waals surface area contributed by atoms with Crippen LogP contribution in [0.2, 0.25) is 0 Å². The third kappa shape index (κ3) is 4.81. The van der Waals surface area contributed by atoms with Crippen LogP contribution >= 0.6 is 0 Å². The van der Waals surface area contributed by atoms with Crippen LogP contribution in [-0.4, -0.2) is 50.5 Å². The minimum Gasteiger partial charge on any atom is -0.444 e. The summed E-state index contributed by atoms with van der Waals surface area (Å²) in [6.45, 7) is 0.564. The summed E-state index contributed by atoms with van der Waals surface area (Å²) < 4.78 is 41.4. The molecule has 1 fully saturated rings. The second-order valence-corrected chi connectivity index (χ2v) is 8.37. The van der Waals surface area contributed by atoms with Gasteiger partial charge in [-0.05, 0) is 30.7 Å². The monoisotopic (exact) mass is 380 g/mol. The lowest BCUT2D eigenvalue weighted by Crippen LogP contribution is -2.44. The molecule has 2 heterocycles. The summed E-state index contributed by atoms with van der Waals surface area (Å²) in [4.78, 5) is 8.50. The van der Waals surface area contributed by atoms with Crippen LogP contribution in [0.15, 0.2) is 39.9 Å². The molecule has 9 heteroatoms. The highest BCUT2D eigenvalue weighted by atomic mass is 32.2. The van der Waals surface area contributed by atoms with Gasteiger partial charge in [0.25, 0.3) is 0 Å². The van der Waals surface area contributed by atoms with E-state index in [0.717, 1.165) is 5.69 Å². The third-order valence-corrected chi connectivity index (χ3v) is 5.88. The van der Waals surface area contributed by atoms with E-state index in [9.17, 15) is 12.8 Å². The van der Waals surface area contributed by atoms with Crippen LogP contribution in [0, 0.1) is 5.82 Å². The first-order chi connectivity index (χ1) is 12.4. The van der Waals surface area contributed by atoms with E-state index in [4.69, 9.17) is 4.42 Å². The summed E-state index contributed by atoms with van der Waals surface area (Å²) in [5.41, 5.74) is 1.47. The number of guanidine groups is 1. The summed E-state index contributed by atoms with van der Waals surface area (Å²) in [5, 5.41) is 6.27. The molecule has 1 aromatic heterocycles. The standard InChI is InChI=1S/C17H21FN4O3S/c1-19-17(22-15-7-9-26(23,24)11-15)20-8-6-14-10-25-16(21-14)12-2-4-13(18)5-3-12/h2-5,10,15H,6-9,11H2,1H3,(H2,19,20,22). The van der Waals surface area contributed by atoms with E-state index in [-0.39, 0.29) is 23.4 Å². The highest BCUT2D eigenvalue weighted by Crippen LogP contribution is 2.19. The number of nitrogens with one attached hydrogen (secondary N) is 2. The van der Waals surface area contributed by atoms with Gasteiger partial charge in [-0.1, -0.05) is 0 Å². The van der Waals surface area contributed by atoms with Crippen molar-refractivity contribution in [3.63, 3.8) is 0 Å². The van der Waals surface area contributed by atoms with Gasteiger partial charge >= 0.3 is 0 Å². The number of benzene rings is 1. The molecule has 26 heavy (non-hydrogen) atoms. The molecule has 7 nitrogen and oxygen atoms in total. The Kier molecular flexibility index (Phi) is 5.55. The summed E-state index contributed by atoms with van der Waals surface area (Å²) >= 11 is 0. The lowest BCUT2D eigenvalue weighted by molar-refractivity contribution is 0.571. The van der Waals surface area contributed by atoms with Crippen molar-refractivity contribution in [2.45, 2.75) is 18.9 Å². The lowest BCUT2D eigenvalue weighted by Gasteiger charge is -2.15. The summed E-state index contributed by atoms with van der Waals surface area (Å²) in [5.74, 6) is 1.05. The molecule has 0 bridgehead atoms. The molecular weight excluding hydrogens is 359 g/mol. The Morgan fingerprint density at radius 3 is 2.81 bits per heavy atom. The van der Waals surface area contributed by atoms with Gasteiger partial charge in [0, 0.05) is 31.6 Å². The SMILES string of the molecule is CN=C(NCCc1coc(-c2ccc(F)cc2)n1)NC1CCS(=O)(=O)C1. The van der Waals surface area contributed by atoms with Crippen molar-refractivity contribution in [2.75, 3.05) is 25.1 Å². The first-order valence-electron chi connectivity index (χ1n) is 8.33. The molecule has 2 aromatic rings. The van der Waals surface area contributed by atoms with Gasteiger partial charge in [-0.2, -0.15) is 0 Å². The molecule has 0 amide bonds. The van der Waals surface area contributed by atoms with Gasteiger partial charge in [-0.3, -0.25) is 4.99 Å².